The zero-order valence-corrected chi connectivity index (χ0v) is 14.3. The molecule has 1 amide bonds. The van der Waals surface area contributed by atoms with Gasteiger partial charge in [0.15, 0.2) is 0 Å². The van der Waals surface area contributed by atoms with Crippen LogP contribution in [0.3, 0.4) is 0 Å². The third kappa shape index (κ3) is 3.43. The first-order valence-corrected chi connectivity index (χ1v) is 8.20. The number of nitrogens with one attached hydrogen (secondary N) is 1. The SMILES string of the molecule is CCOc1ccc(C(=O)Nc2nnc(-c3sc(C)nc3C)o2)cc1. The van der Waals surface area contributed by atoms with Crippen molar-refractivity contribution in [3.8, 4) is 16.5 Å². The molecule has 124 valence electrons. The number of benzene rings is 1. The lowest BCUT2D eigenvalue weighted by molar-refractivity contribution is 0.102. The molecular weight excluding hydrogens is 328 g/mol. The molecule has 1 aromatic carbocycles. The molecule has 3 aromatic rings. The molecule has 0 atom stereocenters. The van der Waals surface area contributed by atoms with Crippen LogP contribution < -0.4 is 10.1 Å². The van der Waals surface area contributed by atoms with Gasteiger partial charge in [0.05, 0.1) is 17.3 Å². The topological polar surface area (TPSA) is 90.1 Å². The van der Waals surface area contributed by atoms with E-state index >= 15 is 0 Å². The molecule has 0 aliphatic heterocycles. The third-order valence-corrected chi connectivity index (χ3v) is 4.23. The van der Waals surface area contributed by atoms with Gasteiger partial charge in [-0.05, 0) is 45.0 Å². The van der Waals surface area contributed by atoms with E-state index < -0.39 is 0 Å². The second-order valence-electron chi connectivity index (χ2n) is 4.97. The minimum absolute atomic E-state index is 0.0503. The van der Waals surface area contributed by atoms with E-state index in [-0.39, 0.29) is 11.9 Å². The molecule has 2 heterocycles. The third-order valence-electron chi connectivity index (χ3n) is 3.17. The molecule has 0 radical (unpaired) electrons. The molecule has 0 bridgehead atoms. The van der Waals surface area contributed by atoms with Crippen LogP contribution >= 0.6 is 11.3 Å². The number of amides is 1. The highest BCUT2D eigenvalue weighted by Gasteiger charge is 2.16. The van der Waals surface area contributed by atoms with Gasteiger partial charge in [-0.1, -0.05) is 5.10 Å². The van der Waals surface area contributed by atoms with Crippen LogP contribution in [0, 0.1) is 13.8 Å². The van der Waals surface area contributed by atoms with Crippen LogP contribution in [-0.2, 0) is 0 Å². The summed E-state index contributed by atoms with van der Waals surface area (Å²) in [5, 5.41) is 11.3. The second-order valence-corrected chi connectivity index (χ2v) is 6.17. The smallest absolute Gasteiger partial charge is 0.322 e. The Morgan fingerprint density at radius 2 is 2.00 bits per heavy atom. The Bertz CT molecular complexity index is 855. The Kier molecular flexibility index (Phi) is 4.57. The summed E-state index contributed by atoms with van der Waals surface area (Å²) < 4.78 is 10.9. The van der Waals surface area contributed by atoms with Gasteiger partial charge in [0.1, 0.15) is 10.6 Å². The first kappa shape index (κ1) is 16.1. The monoisotopic (exact) mass is 344 g/mol. The molecule has 3 rings (SSSR count). The van der Waals surface area contributed by atoms with Crippen molar-refractivity contribution < 1.29 is 13.9 Å². The standard InChI is InChI=1S/C16H16N4O3S/c1-4-22-12-7-5-11(6-8-12)14(21)18-16-20-19-15(23-16)13-9(2)17-10(3)24-13/h5-8H,4H2,1-3H3,(H,18,20,21). The summed E-state index contributed by atoms with van der Waals surface area (Å²) in [6.45, 7) is 6.26. The van der Waals surface area contributed by atoms with Gasteiger partial charge in [-0.2, -0.15) is 0 Å². The van der Waals surface area contributed by atoms with E-state index in [1.807, 2.05) is 20.8 Å². The van der Waals surface area contributed by atoms with Gasteiger partial charge in [0.2, 0.25) is 0 Å². The van der Waals surface area contributed by atoms with Crippen molar-refractivity contribution in [1.82, 2.24) is 15.2 Å². The van der Waals surface area contributed by atoms with Crippen LogP contribution in [0.2, 0.25) is 0 Å². The summed E-state index contributed by atoms with van der Waals surface area (Å²) in [5.74, 6) is 0.732. The summed E-state index contributed by atoms with van der Waals surface area (Å²) in [6.07, 6.45) is 0. The van der Waals surface area contributed by atoms with Gasteiger partial charge in [-0.25, -0.2) is 4.98 Å². The number of thiazole rings is 1. The minimum Gasteiger partial charge on any atom is -0.494 e. The van der Waals surface area contributed by atoms with E-state index in [1.54, 1.807) is 24.3 Å². The van der Waals surface area contributed by atoms with Crippen LogP contribution in [0.1, 0.15) is 28.0 Å². The number of carbonyl (C=O) groups is 1. The minimum atomic E-state index is -0.328. The van der Waals surface area contributed by atoms with Crippen molar-refractivity contribution in [2.24, 2.45) is 0 Å². The van der Waals surface area contributed by atoms with Crippen molar-refractivity contribution in [3.63, 3.8) is 0 Å². The van der Waals surface area contributed by atoms with E-state index in [0.717, 1.165) is 15.6 Å². The van der Waals surface area contributed by atoms with Crippen molar-refractivity contribution in [1.29, 1.82) is 0 Å². The summed E-state index contributed by atoms with van der Waals surface area (Å²) in [6, 6.07) is 6.87. The normalized spacial score (nSPS) is 10.6. The second kappa shape index (κ2) is 6.79. The molecule has 7 nitrogen and oxygen atoms in total. The van der Waals surface area contributed by atoms with Gasteiger partial charge in [0, 0.05) is 5.56 Å². The number of carbonyl (C=O) groups excluding carboxylic acids is 1. The Morgan fingerprint density at radius 3 is 2.62 bits per heavy atom. The molecule has 24 heavy (non-hydrogen) atoms. The van der Waals surface area contributed by atoms with Crippen LogP contribution in [0.4, 0.5) is 6.01 Å². The van der Waals surface area contributed by atoms with E-state index in [9.17, 15) is 4.79 Å². The summed E-state index contributed by atoms with van der Waals surface area (Å²) >= 11 is 1.47. The fraction of sp³-hybridized carbons (Fsp3) is 0.250. The van der Waals surface area contributed by atoms with E-state index in [4.69, 9.17) is 9.15 Å². The molecule has 0 aliphatic carbocycles. The number of hydrogen-bond donors (Lipinski definition) is 1. The van der Waals surface area contributed by atoms with Crippen LogP contribution in [-0.4, -0.2) is 27.7 Å². The number of hydrogen-bond acceptors (Lipinski definition) is 7. The highest BCUT2D eigenvalue weighted by molar-refractivity contribution is 7.15. The predicted octanol–water partition coefficient (Wildman–Crippen LogP) is 3.46. The van der Waals surface area contributed by atoms with Crippen molar-refractivity contribution >= 4 is 23.3 Å². The molecule has 0 saturated carbocycles. The number of anilines is 1. The molecule has 8 heteroatoms. The van der Waals surface area contributed by atoms with Gasteiger partial charge in [-0.15, -0.1) is 16.4 Å². The average molecular weight is 344 g/mol. The molecule has 0 spiro atoms. The Labute approximate surface area is 142 Å². The van der Waals surface area contributed by atoms with Crippen molar-refractivity contribution in [3.05, 3.63) is 40.5 Å². The molecule has 0 saturated heterocycles. The molecule has 0 unspecified atom stereocenters. The number of aromatic nitrogens is 3. The number of aryl methyl sites for hydroxylation is 2. The molecule has 0 fully saturated rings. The Morgan fingerprint density at radius 1 is 1.25 bits per heavy atom. The summed E-state index contributed by atoms with van der Waals surface area (Å²) in [7, 11) is 0. The van der Waals surface area contributed by atoms with Crippen LogP contribution in [0.5, 0.6) is 5.75 Å². The van der Waals surface area contributed by atoms with Crippen LogP contribution in [0.25, 0.3) is 10.8 Å². The van der Waals surface area contributed by atoms with E-state index in [0.29, 0.717) is 23.8 Å². The first-order chi connectivity index (χ1) is 11.6. The Balaban J connectivity index is 1.72. The van der Waals surface area contributed by atoms with Gasteiger partial charge < -0.3 is 9.15 Å². The van der Waals surface area contributed by atoms with Gasteiger partial charge in [0.25, 0.3) is 11.8 Å². The summed E-state index contributed by atoms with van der Waals surface area (Å²) in [5.41, 5.74) is 1.30. The van der Waals surface area contributed by atoms with Gasteiger partial charge >= 0.3 is 6.01 Å². The maximum absolute atomic E-state index is 12.2. The summed E-state index contributed by atoms with van der Waals surface area (Å²) in [4.78, 5) is 17.3. The molecule has 0 aliphatic rings. The molecule has 1 N–H and O–H groups in total. The maximum Gasteiger partial charge on any atom is 0.322 e. The number of rotatable bonds is 5. The van der Waals surface area contributed by atoms with Crippen molar-refractivity contribution in [2.75, 3.05) is 11.9 Å². The Hall–Kier alpha value is -2.74. The number of ether oxygens (including phenoxy) is 1. The zero-order chi connectivity index (χ0) is 17.1. The first-order valence-electron chi connectivity index (χ1n) is 7.39. The lowest BCUT2D eigenvalue weighted by Crippen LogP contribution is -2.12. The van der Waals surface area contributed by atoms with E-state index in [2.05, 4.69) is 20.5 Å². The lowest BCUT2D eigenvalue weighted by atomic mass is 10.2. The zero-order valence-electron chi connectivity index (χ0n) is 13.5. The highest BCUT2D eigenvalue weighted by atomic mass is 32.1. The highest BCUT2D eigenvalue weighted by Crippen LogP contribution is 2.29. The fourth-order valence-corrected chi connectivity index (χ4v) is 2.97. The predicted molar refractivity (Wildman–Crippen MR) is 90.4 cm³/mol. The largest absolute Gasteiger partial charge is 0.494 e. The van der Waals surface area contributed by atoms with E-state index in [1.165, 1.54) is 11.3 Å². The average Bonchev–Trinajstić information content (AvgIpc) is 3.14. The lowest BCUT2D eigenvalue weighted by Gasteiger charge is -2.04. The fourth-order valence-electron chi connectivity index (χ4n) is 2.13. The number of nitrogens with zero attached hydrogens (tertiary/aromatic N) is 3. The molecule has 2 aromatic heterocycles. The van der Waals surface area contributed by atoms with Crippen LogP contribution in [0.15, 0.2) is 28.7 Å². The van der Waals surface area contributed by atoms with Crippen molar-refractivity contribution in [2.45, 2.75) is 20.8 Å². The van der Waals surface area contributed by atoms with Gasteiger partial charge in [-0.3, -0.25) is 10.1 Å². The molecular formula is C16H16N4O3S. The quantitative estimate of drug-likeness (QED) is 0.762. The maximum atomic E-state index is 12.2.